The van der Waals surface area contributed by atoms with Crippen molar-refractivity contribution in [2.75, 3.05) is 11.9 Å². The molecule has 8 heteroatoms. The molecule has 6 nitrogen and oxygen atoms in total. The third kappa shape index (κ3) is 8.57. The van der Waals surface area contributed by atoms with Crippen LogP contribution < -0.4 is 5.32 Å². The number of nitrogens with one attached hydrogen (secondary N) is 1. The second-order valence-electron chi connectivity index (χ2n) is 7.73. The zero-order valence-corrected chi connectivity index (χ0v) is 20.3. The lowest BCUT2D eigenvalue weighted by Gasteiger charge is -2.28. The molecule has 0 saturated heterocycles. The van der Waals surface area contributed by atoms with E-state index >= 15 is 0 Å². The fourth-order valence-electron chi connectivity index (χ4n) is 3.22. The number of amides is 2. The molecule has 1 aromatic carbocycles. The number of hydrogen-bond donors (Lipinski definition) is 1. The second-order valence-corrected chi connectivity index (χ2v) is 9.14. The van der Waals surface area contributed by atoms with E-state index in [0.29, 0.717) is 28.1 Å². The minimum absolute atomic E-state index is 0.119. The highest BCUT2D eigenvalue weighted by atomic mass is 35.5. The van der Waals surface area contributed by atoms with Gasteiger partial charge in [0.05, 0.1) is 0 Å². The third-order valence-electron chi connectivity index (χ3n) is 5.28. The van der Waals surface area contributed by atoms with Crippen LogP contribution in [0, 0.1) is 0 Å². The molecular formula is C23H33ClN4O2S. The molecule has 0 saturated carbocycles. The summed E-state index contributed by atoms with van der Waals surface area (Å²) in [5, 5.41) is 12.8. The van der Waals surface area contributed by atoms with Crippen LogP contribution in [0.15, 0.2) is 24.3 Å². The van der Waals surface area contributed by atoms with E-state index in [9.17, 15) is 9.59 Å². The van der Waals surface area contributed by atoms with Gasteiger partial charge in [-0.3, -0.25) is 9.59 Å². The van der Waals surface area contributed by atoms with Gasteiger partial charge in [-0.1, -0.05) is 74.6 Å². The van der Waals surface area contributed by atoms with Crippen molar-refractivity contribution in [3.05, 3.63) is 29.3 Å². The molecular weight excluding hydrogens is 432 g/mol. The van der Waals surface area contributed by atoms with Crippen LogP contribution in [-0.2, 0) is 9.59 Å². The number of rotatable bonds is 13. The molecule has 0 aliphatic carbocycles. The van der Waals surface area contributed by atoms with Gasteiger partial charge in [-0.15, -0.1) is 10.2 Å². The third-order valence-corrected chi connectivity index (χ3v) is 6.42. The van der Waals surface area contributed by atoms with Crippen molar-refractivity contribution in [2.24, 2.45) is 0 Å². The van der Waals surface area contributed by atoms with Gasteiger partial charge >= 0.3 is 0 Å². The number of anilines is 1. The zero-order valence-electron chi connectivity index (χ0n) is 18.7. The maximum absolute atomic E-state index is 12.7. The Morgan fingerprint density at radius 3 is 2.45 bits per heavy atom. The topological polar surface area (TPSA) is 75.2 Å². The van der Waals surface area contributed by atoms with E-state index in [2.05, 4.69) is 29.4 Å². The first-order valence-corrected chi connectivity index (χ1v) is 12.3. The molecule has 0 aliphatic rings. The normalized spacial score (nSPS) is 11.9. The van der Waals surface area contributed by atoms with E-state index in [0.717, 1.165) is 24.8 Å². The molecule has 1 aromatic heterocycles. The van der Waals surface area contributed by atoms with E-state index in [1.165, 1.54) is 30.6 Å². The summed E-state index contributed by atoms with van der Waals surface area (Å²) >= 11 is 7.23. The molecule has 1 N–H and O–H groups in total. The lowest BCUT2D eigenvalue weighted by molar-refractivity contribution is -0.133. The summed E-state index contributed by atoms with van der Waals surface area (Å²) in [5.41, 5.74) is 0.898. The number of benzene rings is 1. The first-order chi connectivity index (χ1) is 14.9. The summed E-state index contributed by atoms with van der Waals surface area (Å²) in [6.45, 7) is 6.69. The summed E-state index contributed by atoms with van der Waals surface area (Å²) in [6.07, 6.45) is 7.24. The summed E-state index contributed by atoms with van der Waals surface area (Å²) in [7, 11) is 0. The van der Waals surface area contributed by atoms with Crippen LogP contribution in [0.1, 0.15) is 72.1 Å². The Labute approximate surface area is 194 Å². The van der Waals surface area contributed by atoms with Crippen LogP contribution in [0.4, 0.5) is 5.13 Å². The molecule has 0 bridgehead atoms. The van der Waals surface area contributed by atoms with Crippen LogP contribution in [0.2, 0.25) is 5.02 Å². The molecule has 1 unspecified atom stereocenters. The predicted molar refractivity (Wildman–Crippen MR) is 128 cm³/mol. The van der Waals surface area contributed by atoms with E-state index in [4.69, 9.17) is 11.6 Å². The number of halogens is 1. The largest absolute Gasteiger partial charge is 0.339 e. The summed E-state index contributed by atoms with van der Waals surface area (Å²) < 4.78 is 0. The Morgan fingerprint density at radius 2 is 1.77 bits per heavy atom. The highest BCUT2D eigenvalue weighted by molar-refractivity contribution is 7.18. The van der Waals surface area contributed by atoms with Gasteiger partial charge in [0.25, 0.3) is 0 Å². The average Bonchev–Trinajstić information content (AvgIpc) is 3.22. The second kappa shape index (κ2) is 13.4. The number of aromatic nitrogens is 2. The molecule has 1 heterocycles. The van der Waals surface area contributed by atoms with Crippen molar-refractivity contribution in [1.29, 1.82) is 0 Å². The minimum Gasteiger partial charge on any atom is -0.339 e. The van der Waals surface area contributed by atoms with E-state index in [1.54, 1.807) is 12.1 Å². The van der Waals surface area contributed by atoms with Crippen molar-refractivity contribution < 1.29 is 9.59 Å². The van der Waals surface area contributed by atoms with Gasteiger partial charge in [0, 0.05) is 36.0 Å². The van der Waals surface area contributed by atoms with Crippen molar-refractivity contribution in [2.45, 2.75) is 78.2 Å². The SMILES string of the molecule is CCCCCCCC(=O)N(CCC(=O)Nc1nnc(-c2ccc(Cl)cc2)s1)C(C)CC. The van der Waals surface area contributed by atoms with Crippen LogP contribution in [0.25, 0.3) is 10.6 Å². The molecule has 2 amide bonds. The molecule has 31 heavy (non-hydrogen) atoms. The summed E-state index contributed by atoms with van der Waals surface area (Å²) in [6, 6.07) is 7.44. The first-order valence-electron chi connectivity index (χ1n) is 11.1. The molecule has 0 fully saturated rings. The number of carbonyl (C=O) groups is 2. The number of nitrogens with zero attached hydrogens (tertiary/aromatic N) is 3. The van der Waals surface area contributed by atoms with Gasteiger partial charge in [0.1, 0.15) is 5.01 Å². The summed E-state index contributed by atoms with van der Waals surface area (Å²) in [4.78, 5) is 27.0. The highest BCUT2D eigenvalue weighted by Crippen LogP contribution is 2.27. The minimum atomic E-state index is -0.164. The van der Waals surface area contributed by atoms with Crippen LogP contribution >= 0.6 is 22.9 Å². The van der Waals surface area contributed by atoms with Crippen molar-refractivity contribution in [3.8, 4) is 10.6 Å². The maximum atomic E-state index is 12.7. The van der Waals surface area contributed by atoms with Gasteiger partial charge in [-0.25, -0.2) is 0 Å². The zero-order chi connectivity index (χ0) is 22.6. The Kier molecular flexibility index (Phi) is 10.9. The smallest absolute Gasteiger partial charge is 0.227 e. The standard InChI is InChI=1S/C23H33ClN4O2S/c1-4-6-7-8-9-10-21(30)28(17(3)5-2)16-15-20(29)25-23-27-26-22(31-23)18-11-13-19(24)14-12-18/h11-14,17H,4-10,15-16H2,1-3H3,(H,25,27,29). The summed E-state index contributed by atoms with van der Waals surface area (Å²) in [5.74, 6) is -0.0255. The van der Waals surface area contributed by atoms with Gasteiger partial charge < -0.3 is 10.2 Å². The van der Waals surface area contributed by atoms with Crippen LogP contribution in [0.5, 0.6) is 0 Å². The quantitative estimate of drug-likeness (QED) is 0.359. The molecule has 0 spiro atoms. The molecule has 2 aromatic rings. The van der Waals surface area contributed by atoms with Crippen LogP contribution in [-0.4, -0.2) is 39.5 Å². The monoisotopic (exact) mass is 464 g/mol. The van der Waals surface area contributed by atoms with Crippen molar-refractivity contribution >= 4 is 39.9 Å². The average molecular weight is 465 g/mol. The van der Waals surface area contributed by atoms with Crippen molar-refractivity contribution in [1.82, 2.24) is 15.1 Å². The molecule has 0 radical (unpaired) electrons. The maximum Gasteiger partial charge on any atom is 0.227 e. The number of unbranched alkanes of at least 4 members (excludes halogenated alkanes) is 4. The molecule has 0 aliphatic heterocycles. The van der Waals surface area contributed by atoms with E-state index in [1.807, 2.05) is 24.0 Å². The lowest BCUT2D eigenvalue weighted by Crippen LogP contribution is -2.40. The van der Waals surface area contributed by atoms with Crippen LogP contribution in [0.3, 0.4) is 0 Å². The predicted octanol–water partition coefficient (Wildman–Crippen LogP) is 6.17. The lowest BCUT2D eigenvalue weighted by atomic mass is 10.1. The highest BCUT2D eigenvalue weighted by Gasteiger charge is 2.20. The Balaban J connectivity index is 1.85. The fourth-order valence-corrected chi connectivity index (χ4v) is 4.11. The van der Waals surface area contributed by atoms with Gasteiger partial charge in [0.15, 0.2) is 0 Å². The Morgan fingerprint density at radius 1 is 1.06 bits per heavy atom. The first kappa shape index (κ1) is 25.3. The van der Waals surface area contributed by atoms with E-state index in [-0.39, 0.29) is 24.3 Å². The molecule has 2 rings (SSSR count). The van der Waals surface area contributed by atoms with Gasteiger partial charge in [-0.2, -0.15) is 0 Å². The number of hydrogen-bond acceptors (Lipinski definition) is 5. The fraction of sp³-hybridized carbons (Fsp3) is 0.565. The van der Waals surface area contributed by atoms with Crippen molar-refractivity contribution in [3.63, 3.8) is 0 Å². The molecule has 1 atom stereocenters. The van der Waals surface area contributed by atoms with Gasteiger partial charge in [-0.05, 0) is 31.9 Å². The Bertz CT molecular complexity index is 825. The number of carbonyl (C=O) groups excluding carboxylic acids is 2. The van der Waals surface area contributed by atoms with Gasteiger partial charge in [0.2, 0.25) is 16.9 Å². The molecule has 170 valence electrons. The Hall–Kier alpha value is -1.99. The van der Waals surface area contributed by atoms with E-state index < -0.39 is 0 Å².